The van der Waals surface area contributed by atoms with Crippen molar-refractivity contribution in [3.8, 4) is 0 Å². The molecular weight excluding hydrogens is 457 g/mol. The second kappa shape index (κ2) is 9.76. The van der Waals surface area contributed by atoms with Gasteiger partial charge in [0.15, 0.2) is 0 Å². The van der Waals surface area contributed by atoms with E-state index in [2.05, 4.69) is 95.9 Å². The van der Waals surface area contributed by atoms with Crippen molar-refractivity contribution in [3.05, 3.63) is 72.9 Å². The van der Waals surface area contributed by atoms with Crippen LogP contribution in [0.25, 0.3) is 0 Å². The minimum atomic E-state index is -3.03. The first-order valence-corrected chi connectivity index (χ1v) is 19.6. The van der Waals surface area contributed by atoms with Gasteiger partial charge in [0.1, 0.15) is 0 Å². The lowest BCUT2D eigenvalue weighted by atomic mass is 10.1. The van der Waals surface area contributed by atoms with Gasteiger partial charge in [-0.1, -0.05) is 93.6 Å². The van der Waals surface area contributed by atoms with Gasteiger partial charge in [-0.2, -0.15) is 0 Å². The molecular formula is C27H42O3Si3. The number of benzene rings is 2. The highest BCUT2D eigenvalue weighted by molar-refractivity contribution is 6.98. The minimum absolute atomic E-state index is 0.218. The van der Waals surface area contributed by atoms with Crippen LogP contribution < -0.4 is 10.4 Å². The second-order valence-electron chi connectivity index (χ2n) is 10.6. The molecule has 0 bridgehead atoms. The van der Waals surface area contributed by atoms with Crippen molar-refractivity contribution in [2.45, 2.75) is 76.4 Å². The maximum atomic E-state index is 12.7. The van der Waals surface area contributed by atoms with E-state index in [1.807, 2.05) is 17.8 Å². The lowest BCUT2D eigenvalue weighted by Gasteiger charge is -2.45. The van der Waals surface area contributed by atoms with Crippen molar-refractivity contribution < 1.29 is 13.6 Å². The molecule has 0 amide bonds. The van der Waals surface area contributed by atoms with Crippen molar-refractivity contribution in [2.75, 3.05) is 6.23 Å². The predicted molar refractivity (Wildman–Crippen MR) is 147 cm³/mol. The molecule has 6 heteroatoms. The average molecular weight is 499 g/mol. The van der Waals surface area contributed by atoms with Crippen LogP contribution in [0.15, 0.2) is 72.9 Å². The van der Waals surface area contributed by atoms with Crippen LogP contribution in [0.2, 0.25) is 24.2 Å². The summed E-state index contributed by atoms with van der Waals surface area (Å²) in [5, 5.41) is 1.73. The molecule has 3 atom stereocenters. The maximum absolute atomic E-state index is 12.7. The quantitative estimate of drug-likeness (QED) is 0.312. The van der Waals surface area contributed by atoms with E-state index in [1.54, 1.807) is 0 Å². The van der Waals surface area contributed by atoms with Gasteiger partial charge in [0.2, 0.25) is 16.6 Å². The first-order valence-electron chi connectivity index (χ1n) is 12.3. The molecule has 0 spiro atoms. The average Bonchev–Trinajstić information content (AvgIpc) is 3.64. The molecule has 3 nitrogen and oxygen atoms in total. The zero-order valence-electron chi connectivity index (χ0n) is 21.4. The van der Waals surface area contributed by atoms with Gasteiger partial charge < -0.3 is 13.6 Å². The Morgan fingerprint density at radius 3 is 1.85 bits per heavy atom. The molecule has 33 heavy (non-hydrogen) atoms. The predicted octanol–water partition coefficient (Wildman–Crippen LogP) is 5.47. The van der Waals surface area contributed by atoms with Gasteiger partial charge in [0.05, 0.1) is 11.5 Å². The third kappa shape index (κ3) is 4.92. The van der Waals surface area contributed by atoms with Crippen molar-refractivity contribution >= 4 is 35.3 Å². The molecule has 1 heterocycles. The molecule has 1 fully saturated rings. The Bertz CT molecular complexity index is 891. The van der Waals surface area contributed by atoms with Gasteiger partial charge in [0.25, 0.3) is 8.32 Å². The van der Waals surface area contributed by atoms with E-state index in [0.29, 0.717) is 0 Å². The highest BCUT2D eigenvalue weighted by atomic mass is 28.4. The minimum Gasteiger partial charge on any atom is -0.424 e. The third-order valence-electron chi connectivity index (χ3n) is 8.23. The van der Waals surface area contributed by atoms with Gasteiger partial charge in [-0.15, -0.1) is 6.58 Å². The molecule has 1 aliphatic heterocycles. The fourth-order valence-electron chi connectivity index (χ4n) is 5.22. The summed E-state index contributed by atoms with van der Waals surface area (Å²) in [5.74, 6) is 0. The molecule has 2 aromatic rings. The summed E-state index contributed by atoms with van der Waals surface area (Å²) in [6, 6.07) is 21.7. The lowest BCUT2D eigenvalue weighted by molar-refractivity contribution is 0.147. The van der Waals surface area contributed by atoms with Gasteiger partial charge in [-0.25, -0.2) is 0 Å². The van der Waals surface area contributed by atoms with E-state index in [9.17, 15) is 4.80 Å². The lowest BCUT2D eigenvalue weighted by Crippen LogP contribution is -2.66. The molecule has 0 saturated carbocycles. The molecule has 0 aromatic heterocycles. The van der Waals surface area contributed by atoms with Gasteiger partial charge in [-0.05, 0) is 54.3 Å². The largest absolute Gasteiger partial charge is 0.424 e. The smallest absolute Gasteiger partial charge is 0.258 e. The third-order valence-corrected chi connectivity index (χ3v) is 19.5. The van der Waals surface area contributed by atoms with E-state index in [0.717, 1.165) is 41.9 Å². The summed E-state index contributed by atoms with van der Waals surface area (Å²) in [7, 11) is -7.05. The van der Waals surface area contributed by atoms with E-state index >= 15 is 0 Å². The van der Waals surface area contributed by atoms with E-state index < -0.39 is 25.0 Å². The normalized spacial score (nSPS) is 22.3. The van der Waals surface area contributed by atoms with E-state index in [1.165, 1.54) is 0 Å². The Labute approximate surface area is 204 Å². The van der Waals surface area contributed by atoms with Crippen molar-refractivity contribution in [1.29, 1.82) is 0 Å². The Kier molecular flexibility index (Phi) is 7.78. The molecule has 0 aliphatic carbocycles. The van der Waals surface area contributed by atoms with Crippen LogP contribution in [0.1, 0.15) is 47.0 Å². The van der Waals surface area contributed by atoms with Crippen molar-refractivity contribution in [1.82, 2.24) is 0 Å². The molecule has 3 rings (SSSR count). The summed E-state index contributed by atoms with van der Waals surface area (Å²) in [4.78, 5) is 12.7. The molecule has 1 saturated heterocycles. The molecule has 2 aromatic carbocycles. The maximum Gasteiger partial charge on any atom is 0.258 e. The topological polar surface area (TPSA) is 42.0 Å². The van der Waals surface area contributed by atoms with E-state index in [-0.39, 0.29) is 10.3 Å². The molecule has 0 radical (unpaired) electrons. The first kappa shape index (κ1) is 26.3. The summed E-state index contributed by atoms with van der Waals surface area (Å²) in [6.07, 6.45) is 3.67. The fraction of sp³-hybridized carbons (Fsp3) is 0.481. The standard InChI is InChI=1S/C27H42O3Si3/c1-8-26(4,21-22-32(23-29-32)27(5,9-2)30-31(6,7)10-3)33(28,24-17-13-11-14-18-24)25-19-15-12-16-20-25/h10-20,28H,3,8-9,21-23H2,1-2,4-7H3. The van der Waals surface area contributed by atoms with Crippen LogP contribution in [-0.4, -0.2) is 41.2 Å². The van der Waals surface area contributed by atoms with Crippen LogP contribution in [0, 0.1) is 0 Å². The van der Waals surface area contributed by atoms with Gasteiger partial charge in [-0.3, -0.25) is 0 Å². The van der Waals surface area contributed by atoms with Gasteiger partial charge >= 0.3 is 0 Å². The first-order chi connectivity index (χ1) is 15.5. The Morgan fingerprint density at radius 2 is 1.48 bits per heavy atom. The monoisotopic (exact) mass is 498 g/mol. The molecule has 1 aliphatic rings. The summed E-state index contributed by atoms with van der Waals surface area (Å²) < 4.78 is 13.2. The van der Waals surface area contributed by atoms with Crippen LogP contribution in [0.4, 0.5) is 0 Å². The summed E-state index contributed by atoms with van der Waals surface area (Å²) in [6.45, 7) is 17.5. The van der Waals surface area contributed by atoms with E-state index in [4.69, 9.17) is 8.85 Å². The SMILES string of the molecule is C=C[Si](C)(C)OC(C)(CC)[Si]1(CCC(C)(CC)[Si](O)(c2ccccc2)c2ccccc2)CO1. The Morgan fingerprint density at radius 1 is 1.00 bits per heavy atom. The Hall–Kier alpha value is -1.29. The van der Waals surface area contributed by atoms with Crippen molar-refractivity contribution in [2.24, 2.45) is 0 Å². The van der Waals surface area contributed by atoms with Crippen LogP contribution in [0.5, 0.6) is 0 Å². The number of hydrogen-bond donors (Lipinski definition) is 1. The van der Waals surface area contributed by atoms with Gasteiger partial charge in [0, 0.05) is 0 Å². The summed E-state index contributed by atoms with van der Waals surface area (Å²) in [5.41, 5.74) is 2.03. The zero-order valence-corrected chi connectivity index (χ0v) is 24.4. The Balaban J connectivity index is 1.97. The zero-order chi connectivity index (χ0) is 24.4. The van der Waals surface area contributed by atoms with Crippen LogP contribution in [-0.2, 0) is 8.85 Å². The molecule has 3 unspecified atom stereocenters. The summed E-state index contributed by atoms with van der Waals surface area (Å²) >= 11 is 0. The fourth-order valence-corrected chi connectivity index (χ4v) is 16.2. The molecule has 180 valence electrons. The number of rotatable bonds is 12. The van der Waals surface area contributed by atoms with Crippen LogP contribution >= 0.6 is 0 Å². The highest BCUT2D eigenvalue weighted by Gasteiger charge is 2.64. The second-order valence-corrected chi connectivity index (χ2v) is 22.4. The van der Waals surface area contributed by atoms with Crippen molar-refractivity contribution in [3.63, 3.8) is 0 Å². The number of hydrogen-bond acceptors (Lipinski definition) is 3. The van der Waals surface area contributed by atoms with Crippen LogP contribution in [0.3, 0.4) is 0 Å². The molecule has 1 N–H and O–H groups in total. The highest BCUT2D eigenvalue weighted by Crippen LogP contribution is 2.50.